The van der Waals surface area contributed by atoms with E-state index in [4.69, 9.17) is 9.84 Å². The molecule has 0 saturated carbocycles. The highest BCUT2D eigenvalue weighted by molar-refractivity contribution is 5.89. The van der Waals surface area contributed by atoms with Crippen LogP contribution < -0.4 is 9.64 Å². The van der Waals surface area contributed by atoms with Crippen LogP contribution in [0.25, 0.3) is 0 Å². The second-order valence-corrected chi connectivity index (χ2v) is 4.66. The van der Waals surface area contributed by atoms with Gasteiger partial charge in [-0.25, -0.2) is 4.79 Å². The van der Waals surface area contributed by atoms with Gasteiger partial charge in [0.2, 0.25) is 0 Å². The second kappa shape index (κ2) is 6.13. The number of nitrogens with zero attached hydrogens (tertiary/aromatic N) is 2. The minimum absolute atomic E-state index is 0.0536. The molecule has 0 saturated heterocycles. The van der Waals surface area contributed by atoms with Crippen LogP contribution in [-0.4, -0.2) is 23.2 Å². The normalized spacial score (nSPS) is 10.1. The van der Waals surface area contributed by atoms with Gasteiger partial charge in [0.05, 0.1) is 4.92 Å². The van der Waals surface area contributed by atoms with Crippen LogP contribution in [-0.2, 0) is 0 Å². The SMILES string of the molecule is Cc1ccc(Oc2ccc([N+](=O)[O-])c(N(C)C(=O)O)c2)cc1. The molecule has 7 heteroatoms. The molecule has 0 unspecified atom stereocenters. The number of aryl methyl sites for hydroxylation is 1. The molecule has 2 rings (SSSR count). The monoisotopic (exact) mass is 302 g/mol. The molecule has 0 bridgehead atoms. The summed E-state index contributed by atoms with van der Waals surface area (Å²) in [6, 6.07) is 11.2. The topological polar surface area (TPSA) is 92.9 Å². The highest BCUT2D eigenvalue weighted by atomic mass is 16.6. The summed E-state index contributed by atoms with van der Waals surface area (Å²) in [6.07, 6.45) is -1.30. The predicted octanol–water partition coefficient (Wildman–Crippen LogP) is 3.81. The van der Waals surface area contributed by atoms with Crippen molar-refractivity contribution >= 4 is 17.5 Å². The van der Waals surface area contributed by atoms with E-state index in [2.05, 4.69) is 0 Å². The van der Waals surface area contributed by atoms with Gasteiger partial charge in [-0.15, -0.1) is 0 Å². The van der Waals surface area contributed by atoms with Gasteiger partial charge in [0, 0.05) is 19.2 Å². The van der Waals surface area contributed by atoms with E-state index < -0.39 is 11.0 Å². The molecule has 2 aromatic rings. The lowest BCUT2D eigenvalue weighted by Crippen LogP contribution is -2.24. The van der Waals surface area contributed by atoms with Gasteiger partial charge >= 0.3 is 6.09 Å². The van der Waals surface area contributed by atoms with Crippen molar-refractivity contribution in [3.63, 3.8) is 0 Å². The minimum atomic E-state index is -1.30. The van der Waals surface area contributed by atoms with E-state index in [0.717, 1.165) is 10.5 Å². The highest BCUT2D eigenvalue weighted by Gasteiger charge is 2.22. The number of carbonyl (C=O) groups is 1. The number of hydrogen-bond donors (Lipinski definition) is 1. The van der Waals surface area contributed by atoms with Gasteiger partial charge in [0.15, 0.2) is 0 Å². The summed E-state index contributed by atoms with van der Waals surface area (Å²) in [6.45, 7) is 1.94. The Kier molecular flexibility index (Phi) is 4.26. The van der Waals surface area contributed by atoms with Gasteiger partial charge in [-0.3, -0.25) is 15.0 Å². The number of nitro benzene ring substituents is 1. The number of anilines is 1. The van der Waals surface area contributed by atoms with E-state index in [1.165, 1.54) is 25.2 Å². The lowest BCUT2D eigenvalue weighted by atomic mass is 10.2. The van der Waals surface area contributed by atoms with Crippen LogP contribution in [0.3, 0.4) is 0 Å². The van der Waals surface area contributed by atoms with Crippen LogP contribution in [0.2, 0.25) is 0 Å². The predicted molar refractivity (Wildman–Crippen MR) is 80.8 cm³/mol. The number of nitro groups is 1. The fourth-order valence-electron chi connectivity index (χ4n) is 1.84. The van der Waals surface area contributed by atoms with Crippen molar-refractivity contribution in [2.75, 3.05) is 11.9 Å². The molecule has 0 aliphatic heterocycles. The van der Waals surface area contributed by atoms with Crippen molar-refractivity contribution in [3.05, 3.63) is 58.1 Å². The van der Waals surface area contributed by atoms with Crippen LogP contribution in [0.4, 0.5) is 16.2 Å². The smallest absolute Gasteiger partial charge is 0.411 e. The Balaban J connectivity index is 2.37. The molecule has 0 aliphatic rings. The number of ether oxygens (including phenoxy) is 1. The van der Waals surface area contributed by atoms with Crippen molar-refractivity contribution in [1.29, 1.82) is 0 Å². The molecule has 1 N–H and O–H groups in total. The maximum absolute atomic E-state index is 11.0. The van der Waals surface area contributed by atoms with Crippen LogP contribution in [0.5, 0.6) is 11.5 Å². The maximum Gasteiger partial charge on any atom is 0.411 e. The zero-order chi connectivity index (χ0) is 16.3. The van der Waals surface area contributed by atoms with Gasteiger partial charge < -0.3 is 9.84 Å². The highest BCUT2D eigenvalue weighted by Crippen LogP contribution is 2.33. The molecule has 114 valence electrons. The van der Waals surface area contributed by atoms with Crippen LogP contribution in [0.1, 0.15) is 5.56 Å². The molecule has 0 heterocycles. The summed E-state index contributed by atoms with van der Waals surface area (Å²) < 4.78 is 5.60. The number of carboxylic acid groups (broad SMARTS) is 1. The summed E-state index contributed by atoms with van der Waals surface area (Å²) in [7, 11) is 1.24. The summed E-state index contributed by atoms with van der Waals surface area (Å²) in [5, 5.41) is 20.0. The number of rotatable bonds is 4. The van der Waals surface area contributed by atoms with Crippen molar-refractivity contribution < 1.29 is 19.6 Å². The molecule has 0 fully saturated rings. The molecular formula is C15H14N2O5. The van der Waals surface area contributed by atoms with Crippen molar-refractivity contribution in [1.82, 2.24) is 0 Å². The first kappa shape index (κ1) is 15.3. The second-order valence-electron chi connectivity index (χ2n) is 4.66. The summed E-state index contributed by atoms with van der Waals surface area (Å²) >= 11 is 0. The molecule has 22 heavy (non-hydrogen) atoms. The third-order valence-electron chi connectivity index (χ3n) is 3.05. The number of benzene rings is 2. The molecule has 0 aliphatic carbocycles. The van der Waals surface area contributed by atoms with Crippen LogP contribution in [0.15, 0.2) is 42.5 Å². The van der Waals surface area contributed by atoms with Gasteiger partial charge in [-0.05, 0) is 25.1 Å². The third kappa shape index (κ3) is 3.32. The minimum Gasteiger partial charge on any atom is -0.465 e. The molecule has 7 nitrogen and oxygen atoms in total. The summed E-state index contributed by atoms with van der Waals surface area (Å²) in [5.74, 6) is 0.876. The average Bonchev–Trinajstić information content (AvgIpc) is 2.48. The Morgan fingerprint density at radius 3 is 2.32 bits per heavy atom. The quantitative estimate of drug-likeness (QED) is 0.684. The van der Waals surface area contributed by atoms with Crippen molar-refractivity contribution in [2.45, 2.75) is 6.92 Å². The fraction of sp³-hybridized carbons (Fsp3) is 0.133. The van der Waals surface area contributed by atoms with Crippen molar-refractivity contribution in [3.8, 4) is 11.5 Å². The maximum atomic E-state index is 11.0. The van der Waals surface area contributed by atoms with Gasteiger partial charge in [0.25, 0.3) is 5.69 Å². The molecular weight excluding hydrogens is 288 g/mol. The lowest BCUT2D eigenvalue weighted by molar-refractivity contribution is -0.384. The average molecular weight is 302 g/mol. The molecule has 0 spiro atoms. The van der Waals surface area contributed by atoms with E-state index in [-0.39, 0.29) is 11.4 Å². The zero-order valence-corrected chi connectivity index (χ0v) is 12.0. The first-order valence-electron chi connectivity index (χ1n) is 6.38. The van der Waals surface area contributed by atoms with E-state index in [1.54, 1.807) is 12.1 Å². The Bertz CT molecular complexity index is 712. The standard InChI is InChI=1S/C15H14N2O5/c1-10-3-5-11(6-4-10)22-12-7-8-13(17(20)21)14(9-12)16(2)15(18)19/h3-9H,1-2H3,(H,18,19). The summed E-state index contributed by atoms with van der Waals surface area (Å²) in [4.78, 5) is 22.2. The zero-order valence-electron chi connectivity index (χ0n) is 12.0. The van der Waals surface area contributed by atoms with E-state index in [1.807, 2.05) is 19.1 Å². The molecule has 1 amide bonds. The first-order valence-corrected chi connectivity index (χ1v) is 6.38. The number of amides is 1. The van der Waals surface area contributed by atoms with Crippen molar-refractivity contribution in [2.24, 2.45) is 0 Å². The van der Waals surface area contributed by atoms with Gasteiger partial charge in [-0.2, -0.15) is 0 Å². The molecule has 0 aromatic heterocycles. The third-order valence-corrected chi connectivity index (χ3v) is 3.05. The molecule has 2 aromatic carbocycles. The fourth-order valence-corrected chi connectivity index (χ4v) is 1.84. The van der Waals surface area contributed by atoms with Crippen LogP contribution in [0, 0.1) is 17.0 Å². The Morgan fingerprint density at radius 2 is 1.77 bits per heavy atom. The Labute approximate surface area is 126 Å². The Morgan fingerprint density at radius 1 is 1.18 bits per heavy atom. The first-order chi connectivity index (χ1) is 10.4. The molecule has 0 radical (unpaired) electrons. The largest absolute Gasteiger partial charge is 0.465 e. The van der Waals surface area contributed by atoms with Crippen LogP contribution >= 0.6 is 0 Å². The van der Waals surface area contributed by atoms with Gasteiger partial charge in [0.1, 0.15) is 17.2 Å². The molecule has 0 atom stereocenters. The van der Waals surface area contributed by atoms with E-state index in [0.29, 0.717) is 11.5 Å². The summed E-state index contributed by atoms with van der Waals surface area (Å²) in [5.41, 5.74) is 0.714. The van der Waals surface area contributed by atoms with Gasteiger partial charge in [-0.1, -0.05) is 17.7 Å². The van der Waals surface area contributed by atoms with E-state index in [9.17, 15) is 14.9 Å². The van der Waals surface area contributed by atoms with E-state index >= 15 is 0 Å². The number of hydrogen-bond acceptors (Lipinski definition) is 4. The Hall–Kier alpha value is -3.09. The lowest BCUT2D eigenvalue weighted by Gasteiger charge is -2.14.